The fourth-order valence-corrected chi connectivity index (χ4v) is 9.49. The number of hydrogen-bond donors (Lipinski definition) is 0. The van der Waals surface area contributed by atoms with Gasteiger partial charge in [-0.1, -0.05) is 173 Å². The predicted octanol–water partition coefficient (Wildman–Crippen LogP) is 15.6. The third-order valence-corrected chi connectivity index (χ3v) is 12.6. The maximum absolute atomic E-state index is 2.53. The first-order chi connectivity index (χ1) is 29.4. The average Bonchev–Trinajstić information content (AvgIpc) is 3.30. The molecule has 0 fully saturated rings. The highest BCUT2D eigenvalue weighted by molar-refractivity contribution is 6.22. The molecule has 1 atom stereocenters. The fourth-order valence-electron chi connectivity index (χ4n) is 9.49. The summed E-state index contributed by atoms with van der Waals surface area (Å²) in [5, 5.41) is 6.44. The van der Waals surface area contributed by atoms with Crippen molar-refractivity contribution in [3.63, 3.8) is 0 Å². The molecule has 0 spiro atoms. The molecule has 0 radical (unpaired) electrons. The predicted molar refractivity (Wildman–Crippen MR) is 256 cm³/mol. The molecule has 60 heavy (non-hydrogen) atoms. The van der Waals surface area contributed by atoms with E-state index in [1.165, 1.54) is 77.2 Å². The van der Waals surface area contributed by atoms with Crippen LogP contribution in [0.2, 0.25) is 0 Å². The monoisotopic (exact) mass is 774 g/mol. The summed E-state index contributed by atoms with van der Waals surface area (Å²) < 4.78 is 0. The van der Waals surface area contributed by atoms with E-state index in [0.29, 0.717) is 11.8 Å². The van der Waals surface area contributed by atoms with Gasteiger partial charge in [-0.2, -0.15) is 0 Å². The molecule has 1 unspecified atom stereocenters. The van der Waals surface area contributed by atoms with Crippen molar-refractivity contribution in [2.45, 2.75) is 51.9 Å². The lowest BCUT2D eigenvalue weighted by Gasteiger charge is -2.35. The van der Waals surface area contributed by atoms with Crippen molar-refractivity contribution in [2.75, 3.05) is 9.80 Å². The van der Waals surface area contributed by atoms with E-state index in [2.05, 4.69) is 238 Å². The van der Waals surface area contributed by atoms with E-state index in [-0.39, 0.29) is 5.92 Å². The maximum Gasteiger partial charge on any atom is 0.0546 e. The Morgan fingerprint density at radius 3 is 1.48 bits per heavy atom. The van der Waals surface area contributed by atoms with Gasteiger partial charge in [-0.3, -0.25) is 0 Å². The molecule has 9 aromatic rings. The van der Waals surface area contributed by atoms with Gasteiger partial charge in [-0.05, 0) is 122 Å². The molecule has 0 saturated heterocycles. The molecule has 2 heteroatoms. The van der Waals surface area contributed by atoms with Crippen LogP contribution in [0, 0.1) is 0 Å². The Bertz CT molecular complexity index is 2970. The second-order valence-corrected chi connectivity index (χ2v) is 16.9. The number of nitrogens with zero attached hydrogens (tertiary/aromatic N) is 2. The van der Waals surface area contributed by atoms with Gasteiger partial charge >= 0.3 is 0 Å². The third kappa shape index (κ3) is 6.63. The van der Waals surface area contributed by atoms with Crippen molar-refractivity contribution < 1.29 is 0 Å². The zero-order chi connectivity index (χ0) is 40.7. The highest BCUT2D eigenvalue weighted by Gasteiger charge is 2.31. The molecule has 0 aliphatic heterocycles. The Morgan fingerprint density at radius 2 is 0.917 bits per heavy atom. The van der Waals surface area contributed by atoms with Gasteiger partial charge in [-0.25, -0.2) is 0 Å². The van der Waals surface area contributed by atoms with Crippen LogP contribution in [-0.2, 0) is 0 Å². The molecule has 9 aromatic carbocycles. The SMILES string of the molecule is CC(C)c1ccc(N(C2=c3ccc4c(-c5ccccc5)cc(N(c5ccccc5)c5ccc(C(C)C)cc5)c5ccc(c3c45)C(c3ccccc3)C2)c2ccccc2)cc1. The molecule has 0 saturated carbocycles. The van der Waals surface area contributed by atoms with E-state index < -0.39 is 0 Å². The summed E-state index contributed by atoms with van der Waals surface area (Å²) in [4.78, 5) is 5.00. The lowest BCUT2D eigenvalue weighted by atomic mass is 9.77. The molecule has 2 nitrogen and oxygen atoms in total. The summed E-state index contributed by atoms with van der Waals surface area (Å²) in [5.41, 5.74) is 14.9. The van der Waals surface area contributed by atoms with Crippen molar-refractivity contribution in [2.24, 2.45) is 0 Å². The minimum absolute atomic E-state index is 0.155. The Labute approximate surface area is 354 Å². The van der Waals surface area contributed by atoms with Gasteiger partial charge in [0.2, 0.25) is 0 Å². The third-order valence-electron chi connectivity index (χ3n) is 12.6. The molecule has 1 aliphatic carbocycles. The minimum atomic E-state index is 0.155. The number of para-hydroxylation sites is 2. The first kappa shape index (κ1) is 37.4. The zero-order valence-corrected chi connectivity index (χ0v) is 34.9. The Kier molecular flexibility index (Phi) is 9.78. The van der Waals surface area contributed by atoms with Gasteiger partial charge < -0.3 is 9.80 Å². The maximum atomic E-state index is 2.53. The van der Waals surface area contributed by atoms with Gasteiger partial charge in [0.15, 0.2) is 0 Å². The van der Waals surface area contributed by atoms with Crippen LogP contribution in [0.15, 0.2) is 200 Å². The molecule has 0 heterocycles. The zero-order valence-electron chi connectivity index (χ0n) is 34.9. The molecule has 292 valence electrons. The van der Waals surface area contributed by atoms with Crippen LogP contribution in [0.4, 0.5) is 28.4 Å². The lowest BCUT2D eigenvalue weighted by Crippen LogP contribution is -2.29. The quantitative estimate of drug-likeness (QED) is 0.137. The molecule has 0 N–H and O–H groups in total. The smallest absolute Gasteiger partial charge is 0.0546 e. The number of anilines is 5. The van der Waals surface area contributed by atoms with Gasteiger partial charge in [0, 0.05) is 45.0 Å². The topological polar surface area (TPSA) is 6.48 Å². The Balaban J connectivity index is 1.34. The van der Waals surface area contributed by atoms with Gasteiger partial charge in [0.1, 0.15) is 0 Å². The van der Waals surface area contributed by atoms with E-state index in [9.17, 15) is 0 Å². The summed E-state index contributed by atoms with van der Waals surface area (Å²) in [7, 11) is 0. The summed E-state index contributed by atoms with van der Waals surface area (Å²) in [6.45, 7) is 9.06. The fraction of sp³-hybridized carbons (Fsp3) is 0.138. The number of hydrogen-bond acceptors (Lipinski definition) is 2. The molecular weight excluding hydrogens is 725 g/mol. The van der Waals surface area contributed by atoms with Crippen molar-refractivity contribution in [1.82, 2.24) is 0 Å². The molecule has 0 amide bonds. The van der Waals surface area contributed by atoms with E-state index in [0.717, 1.165) is 23.5 Å². The van der Waals surface area contributed by atoms with E-state index in [1.807, 2.05) is 0 Å². The standard InChI is InChI=1S/C58H50N2/c1-39(2)41-25-29-47(30-26-41)59(45-21-13-7-14-22-45)55-37-53(43-17-9-5-10-18-43)49-34-36-52-56(60(46-23-15-8-16-24-46)48-31-27-42(28-32-48)40(3)4)38-54(44-19-11-6-12-20-44)50-33-35-51(55)57(49)58(50)52/h5-37,39-40,54H,38H2,1-4H3. The Hall–Kier alpha value is -6.90. The van der Waals surface area contributed by atoms with Crippen LogP contribution >= 0.6 is 0 Å². The van der Waals surface area contributed by atoms with Crippen molar-refractivity contribution in [3.05, 3.63) is 228 Å². The number of benzene rings is 9. The van der Waals surface area contributed by atoms with Crippen LogP contribution in [0.1, 0.15) is 74.1 Å². The van der Waals surface area contributed by atoms with Gasteiger partial charge in [0.05, 0.1) is 5.69 Å². The second-order valence-electron chi connectivity index (χ2n) is 16.9. The minimum Gasteiger partial charge on any atom is -0.314 e. The summed E-state index contributed by atoms with van der Waals surface area (Å²) in [5.74, 6) is 1.06. The summed E-state index contributed by atoms with van der Waals surface area (Å²) in [6.07, 6.45) is 0.863. The molecule has 1 aliphatic rings. The summed E-state index contributed by atoms with van der Waals surface area (Å²) in [6, 6.07) is 74.5. The highest BCUT2D eigenvalue weighted by atomic mass is 15.2. The van der Waals surface area contributed by atoms with Gasteiger partial charge in [-0.15, -0.1) is 0 Å². The van der Waals surface area contributed by atoms with Crippen LogP contribution in [0.3, 0.4) is 0 Å². The molecule has 0 aromatic heterocycles. The molecular formula is C58H50N2. The normalized spacial score (nSPS) is 13.7. The highest BCUT2D eigenvalue weighted by Crippen LogP contribution is 2.49. The van der Waals surface area contributed by atoms with Crippen LogP contribution < -0.4 is 15.0 Å². The Morgan fingerprint density at radius 1 is 0.433 bits per heavy atom. The molecule has 10 rings (SSSR count). The van der Waals surface area contributed by atoms with Crippen LogP contribution in [-0.4, -0.2) is 0 Å². The van der Waals surface area contributed by atoms with Crippen LogP contribution in [0.25, 0.3) is 38.4 Å². The first-order valence-corrected chi connectivity index (χ1v) is 21.5. The second kappa shape index (κ2) is 15.7. The van der Waals surface area contributed by atoms with Crippen molar-refractivity contribution >= 4 is 55.7 Å². The number of rotatable bonds is 10. The van der Waals surface area contributed by atoms with Crippen molar-refractivity contribution in [1.29, 1.82) is 0 Å². The van der Waals surface area contributed by atoms with Crippen molar-refractivity contribution in [3.8, 4) is 11.1 Å². The van der Waals surface area contributed by atoms with Gasteiger partial charge in [0.25, 0.3) is 0 Å². The van der Waals surface area contributed by atoms with E-state index in [1.54, 1.807) is 0 Å². The first-order valence-electron chi connectivity index (χ1n) is 21.5. The lowest BCUT2D eigenvalue weighted by molar-refractivity contribution is 0.823. The van der Waals surface area contributed by atoms with E-state index in [4.69, 9.17) is 0 Å². The van der Waals surface area contributed by atoms with Crippen LogP contribution in [0.5, 0.6) is 0 Å². The van der Waals surface area contributed by atoms with E-state index >= 15 is 0 Å². The average molecular weight is 775 g/mol. The largest absolute Gasteiger partial charge is 0.314 e. The molecule has 0 bridgehead atoms. The summed E-state index contributed by atoms with van der Waals surface area (Å²) >= 11 is 0.